The topological polar surface area (TPSA) is 49.8 Å². The van der Waals surface area contributed by atoms with Crippen molar-refractivity contribution >= 4 is 33.4 Å². The Morgan fingerprint density at radius 2 is 1.88 bits per heavy atom. The number of halogens is 4. The highest BCUT2D eigenvalue weighted by Crippen LogP contribution is 2.32. The van der Waals surface area contributed by atoms with Gasteiger partial charge in [0, 0.05) is 22.3 Å². The minimum absolute atomic E-state index is 0.0110. The molecule has 1 aromatic carbocycles. The molecule has 1 fully saturated rings. The fraction of sp³-hybridized carbons (Fsp3) is 0.412. The molecular formula is C17H18BrF3N4. The molecule has 1 heterocycles. The first-order valence-corrected chi connectivity index (χ1v) is 8.87. The zero-order valence-corrected chi connectivity index (χ0v) is 15.2. The van der Waals surface area contributed by atoms with E-state index in [-0.39, 0.29) is 17.8 Å². The molecule has 1 aliphatic carbocycles. The number of aromatic nitrogens is 2. The molecule has 0 radical (unpaired) electrons. The average Bonchev–Trinajstić information content (AvgIpc) is 3.04. The van der Waals surface area contributed by atoms with Gasteiger partial charge in [-0.25, -0.2) is 4.98 Å². The molecule has 0 saturated heterocycles. The van der Waals surface area contributed by atoms with Gasteiger partial charge in [0.05, 0.1) is 0 Å². The van der Waals surface area contributed by atoms with Crippen molar-refractivity contribution < 1.29 is 13.2 Å². The molecule has 1 saturated carbocycles. The number of anilines is 3. The van der Waals surface area contributed by atoms with E-state index in [4.69, 9.17) is 0 Å². The van der Waals surface area contributed by atoms with E-state index in [0.29, 0.717) is 5.69 Å². The molecule has 0 spiro atoms. The zero-order valence-electron chi connectivity index (χ0n) is 13.6. The lowest BCUT2D eigenvalue weighted by molar-refractivity contribution is -0.141. The van der Waals surface area contributed by atoms with Crippen molar-refractivity contribution in [3.63, 3.8) is 0 Å². The normalized spacial score (nSPS) is 15.4. The monoisotopic (exact) mass is 414 g/mol. The Hall–Kier alpha value is -1.83. The highest BCUT2D eigenvalue weighted by atomic mass is 79.9. The Kier molecular flexibility index (Phi) is 5.17. The second kappa shape index (κ2) is 7.19. The SMILES string of the molecule is Cc1c(Br)cccc1Nc1cc(C(F)(F)F)nc(NC2CCCC2)n1. The van der Waals surface area contributed by atoms with Crippen LogP contribution in [-0.4, -0.2) is 16.0 Å². The van der Waals surface area contributed by atoms with Crippen molar-refractivity contribution in [2.24, 2.45) is 0 Å². The molecule has 0 unspecified atom stereocenters. The van der Waals surface area contributed by atoms with Crippen LogP contribution in [0.5, 0.6) is 0 Å². The first-order chi connectivity index (χ1) is 11.8. The van der Waals surface area contributed by atoms with Crippen LogP contribution >= 0.6 is 15.9 Å². The molecule has 0 atom stereocenters. The summed E-state index contributed by atoms with van der Waals surface area (Å²) < 4.78 is 40.4. The minimum Gasteiger partial charge on any atom is -0.351 e. The molecule has 2 aromatic rings. The number of nitrogens with one attached hydrogen (secondary N) is 2. The summed E-state index contributed by atoms with van der Waals surface area (Å²) in [5, 5.41) is 6.00. The molecule has 25 heavy (non-hydrogen) atoms. The van der Waals surface area contributed by atoms with Crippen LogP contribution in [0.2, 0.25) is 0 Å². The van der Waals surface area contributed by atoms with Gasteiger partial charge in [-0.1, -0.05) is 34.8 Å². The van der Waals surface area contributed by atoms with Crippen LogP contribution in [0, 0.1) is 6.92 Å². The van der Waals surface area contributed by atoms with Crippen molar-refractivity contribution in [1.29, 1.82) is 0 Å². The fourth-order valence-electron chi connectivity index (χ4n) is 2.85. The largest absolute Gasteiger partial charge is 0.433 e. The highest BCUT2D eigenvalue weighted by Gasteiger charge is 2.34. The van der Waals surface area contributed by atoms with E-state index in [2.05, 4.69) is 36.5 Å². The lowest BCUT2D eigenvalue weighted by atomic mass is 10.2. The van der Waals surface area contributed by atoms with Gasteiger partial charge in [0.25, 0.3) is 0 Å². The quantitative estimate of drug-likeness (QED) is 0.676. The summed E-state index contributed by atoms with van der Waals surface area (Å²) in [7, 11) is 0. The van der Waals surface area contributed by atoms with Crippen LogP contribution in [0.1, 0.15) is 36.9 Å². The van der Waals surface area contributed by atoms with Crippen molar-refractivity contribution in [1.82, 2.24) is 9.97 Å². The molecule has 134 valence electrons. The number of rotatable bonds is 4. The van der Waals surface area contributed by atoms with Crippen LogP contribution < -0.4 is 10.6 Å². The fourth-order valence-corrected chi connectivity index (χ4v) is 3.22. The maximum absolute atomic E-state index is 13.2. The smallest absolute Gasteiger partial charge is 0.351 e. The summed E-state index contributed by atoms with van der Waals surface area (Å²) in [6, 6.07) is 6.53. The summed E-state index contributed by atoms with van der Waals surface area (Å²) >= 11 is 3.41. The van der Waals surface area contributed by atoms with E-state index >= 15 is 0 Å². The summed E-state index contributed by atoms with van der Waals surface area (Å²) in [6.07, 6.45) is -0.546. The molecule has 1 aromatic heterocycles. The Balaban J connectivity index is 1.92. The second-order valence-electron chi connectivity index (χ2n) is 6.12. The van der Waals surface area contributed by atoms with E-state index < -0.39 is 11.9 Å². The van der Waals surface area contributed by atoms with Gasteiger partial charge in [-0.05, 0) is 37.5 Å². The summed E-state index contributed by atoms with van der Waals surface area (Å²) in [4.78, 5) is 7.88. The van der Waals surface area contributed by atoms with Gasteiger partial charge in [-0.15, -0.1) is 0 Å². The molecule has 0 amide bonds. The highest BCUT2D eigenvalue weighted by molar-refractivity contribution is 9.10. The molecular weight excluding hydrogens is 397 g/mol. The number of hydrogen-bond donors (Lipinski definition) is 2. The standard InChI is InChI=1S/C17H18BrF3N4/c1-10-12(18)7-4-8-13(10)23-15-9-14(17(19,20)21)24-16(25-15)22-11-5-2-3-6-11/h4,7-9,11H,2-3,5-6H2,1H3,(H2,22,23,24,25). The Morgan fingerprint density at radius 3 is 2.56 bits per heavy atom. The maximum atomic E-state index is 13.2. The van der Waals surface area contributed by atoms with Gasteiger partial charge in [0.1, 0.15) is 5.82 Å². The molecule has 1 aliphatic rings. The van der Waals surface area contributed by atoms with E-state index in [1.54, 1.807) is 6.07 Å². The van der Waals surface area contributed by atoms with Crippen LogP contribution in [-0.2, 0) is 6.18 Å². The average molecular weight is 415 g/mol. The lowest BCUT2D eigenvalue weighted by Gasteiger charge is -2.16. The molecule has 0 aliphatic heterocycles. The van der Waals surface area contributed by atoms with Gasteiger partial charge in [0.2, 0.25) is 5.95 Å². The third-order valence-electron chi connectivity index (χ3n) is 4.24. The zero-order chi connectivity index (χ0) is 18.0. The number of hydrogen-bond acceptors (Lipinski definition) is 4. The Morgan fingerprint density at radius 1 is 1.16 bits per heavy atom. The van der Waals surface area contributed by atoms with Gasteiger partial charge >= 0.3 is 6.18 Å². The lowest BCUT2D eigenvalue weighted by Crippen LogP contribution is -2.19. The first-order valence-electron chi connectivity index (χ1n) is 8.08. The van der Waals surface area contributed by atoms with E-state index in [0.717, 1.165) is 41.8 Å². The summed E-state index contributed by atoms with van der Waals surface area (Å²) in [5.74, 6) is 0.126. The van der Waals surface area contributed by atoms with Crippen molar-refractivity contribution in [2.45, 2.75) is 44.8 Å². The predicted molar refractivity (Wildman–Crippen MR) is 95.1 cm³/mol. The van der Waals surface area contributed by atoms with E-state index in [1.165, 1.54) is 0 Å². The van der Waals surface area contributed by atoms with Crippen LogP contribution in [0.3, 0.4) is 0 Å². The summed E-state index contributed by atoms with van der Waals surface area (Å²) in [6.45, 7) is 1.87. The van der Waals surface area contributed by atoms with Gasteiger partial charge in [-0.2, -0.15) is 18.2 Å². The number of alkyl halides is 3. The first kappa shape index (κ1) is 18.0. The van der Waals surface area contributed by atoms with Crippen LogP contribution in [0.15, 0.2) is 28.7 Å². The van der Waals surface area contributed by atoms with Crippen molar-refractivity contribution in [2.75, 3.05) is 10.6 Å². The van der Waals surface area contributed by atoms with Crippen molar-refractivity contribution in [3.05, 3.63) is 40.0 Å². The van der Waals surface area contributed by atoms with E-state index in [9.17, 15) is 13.2 Å². The van der Waals surface area contributed by atoms with Gasteiger partial charge in [0.15, 0.2) is 5.69 Å². The molecule has 2 N–H and O–H groups in total. The predicted octanol–water partition coefficient (Wildman–Crippen LogP) is 5.66. The van der Waals surface area contributed by atoms with Crippen LogP contribution in [0.4, 0.5) is 30.6 Å². The Labute approximate surface area is 152 Å². The Bertz CT molecular complexity index is 758. The molecule has 0 bridgehead atoms. The minimum atomic E-state index is -4.53. The van der Waals surface area contributed by atoms with Crippen molar-refractivity contribution in [3.8, 4) is 0 Å². The van der Waals surface area contributed by atoms with Gasteiger partial charge < -0.3 is 10.6 Å². The molecule has 8 heteroatoms. The third kappa shape index (κ3) is 4.42. The van der Waals surface area contributed by atoms with Gasteiger partial charge in [-0.3, -0.25) is 0 Å². The number of benzene rings is 1. The number of nitrogens with zero attached hydrogens (tertiary/aromatic N) is 2. The third-order valence-corrected chi connectivity index (χ3v) is 5.09. The molecule has 3 rings (SSSR count). The van der Waals surface area contributed by atoms with Crippen LogP contribution in [0.25, 0.3) is 0 Å². The summed E-state index contributed by atoms with van der Waals surface area (Å²) in [5.41, 5.74) is 0.617. The molecule has 4 nitrogen and oxygen atoms in total. The van der Waals surface area contributed by atoms with E-state index in [1.807, 2.05) is 19.1 Å². The second-order valence-corrected chi connectivity index (χ2v) is 6.98. The maximum Gasteiger partial charge on any atom is 0.433 e.